The molecular formula is C16H15ClN4O2. The van der Waals surface area contributed by atoms with Crippen LogP contribution in [0.5, 0.6) is 0 Å². The fourth-order valence-corrected chi connectivity index (χ4v) is 2.47. The van der Waals surface area contributed by atoms with Crippen molar-refractivity contribution in [3.05, 3.63) is 74.2 Å². The summed E-state index contributed by atoms with van der Waals surface area (Å²) in [5, 5.41) is 4.75. The van der Waals surface area contributed by atoms with E-state index in [-0.39, 0.29) is 23.4 Å². The van der Waals surface area contributed by atoms with Gasteiger partial charge in [0.05, 0.1) is 6.54 Å². The van der Waals surface area contributed by atoms with Crippen LogP contribution in [-0.2, 0) is 6.54 Å². The minimum Gasteiger partial charge on any atom is -0.280 e. The first-order valence-corrected chi connectivity index (χ1v) is 7.38. The number of fused-ring (bicyclic) bond motifs is 1. The van der Waals surface area contributed by atoms with Gasteiger partial charge in [-0.05, 0) is 37.6 Å². The number of nitrogens with zero attached hydrogens (tertiary/aromatic N) is 4. The van der Waals surface area contributed by atoms with Gasteiger partial charge in [-0.15, -0.1) is 5.10 Å². The number of aryl methyl sites for hydroxylation is 1. The van der Waals surface area contributed by atoms with Crippen LogP contribution in [0.15, 0.2) is 52.3 Å². The van der Waals surface area contributed by atoms with E-state index < -0.39 is 0 Å². The molecule has 0 amide bonds. The van der Waals surface area contributed by atoms with Crippen molar-refractivity contribution in [3.8, 4) is 5.69 Å². The van der Waals surface area contributed by atoms with Gasteiger partial charge in [0.2, 0.25) is 5.65 Å². The van der Waals surface area contributed by atoms with Crippen molar-refractivity contribution in [3.63, 3.8) is 0 Å². The van der Waals surface area contributed by atoms with Gasteiger partial charge in [0.15, 0.2) is 0 Å². The molecule has 0 atom stereocenters. The van der Waals surface area contributed by atoms with Crippen LogP contribution in [0.3, 0.4) is 0 Å². The van der Waals surface area contributed by atoms with Crippen molar-refractivity contribution in [1.82, 2.24) is 18.7 Å². The summed E-state index contributed by atoms with van der Waals surface area (Å²) in [7, 11) is 0. The lowest BCUT2D eigenvalue weighted by Crippen LogP contribution is -2.24. The summed E-state index contributed by atoms with van der Waals surface area (Å²) in [5.41, 5.74) is 1.66. The molecule has 0 fully saturated rings. The lowest BCUT2D eigenvalue weighted by molar-refractivity contribution is 0.651. The maximum Gasteiger partial charge on any atom is 0.350 e. The van der Waals surface area contributed by atoms with E-state index in [0.717, 1.165) is 11.1 Å². The van der Waals surface area contributed by atoms with Crippen molar-refractivity contribution >= 4 is 17.2 Å². The molecule has 0 bridgehead atoms. The average molecular weight is 331 g/mol. The minimum atomic E-state index is -0.369. The van der Waals surface area contributed by atoms with E-state index in [1.54, 1.807) is 25.3 Å². The Balaban J connectivity index is 2.23. The fraction of sp³-hybridized carbons (Fsp3) is 0.188. The Labute approximate surface area is 136 Å². The van der Waals surface area contributed by atoms with Crippen LogP contribution in [-0.4, -0.2) is 18.7 Å². The van der Waals surface area contributed by atoms with Gasteiger partial charge in [0.1, 0.15) is 0 Å². The number of hydrogen-bond donors (Lipinski definition) is 0. The molecule has 2 heterocycles. The van der Waals surface area contributed by atoms with E-state index in [1.807, 2.05) is 13.0 Å². The first-order valence-electron chi connectivity index (χ1n) is 7.00. The highest BCUT2D eigenvalue weighted by atomic mass is 35.5. The number of allylic oxidation sites excluding steroid dienone is 1. The van der Waals surface area contributed by atoms with E-state index in [4.69, 9.17) is 11.6 Å². The third-order valence-electron chi connectivity index (χ3n) is 3.48. The van der Waals surface area contributed by atoms with Gasteiger partial charge in [-0.25, -0.2) is 13.9 Å². The van der Waals surface area contributed by atoms with E-state index in [0.29, 0.717) is 10.7 Å². The zero-order valence-electron chi connectivity index (χ0n) is 12.8. The van der Waals surface area contributed by atoms with E-state index >= 15 is 0 Å². The highest BCUT2D eigenvalue weighted by molar-refractivity contribution is 6.31. The summed E-state index contributed by atoms with van der Waals surface area (Å²) >= 11 is 6.02. The van der Waals surface area contributed by atoms with Crippen molar-refractivity contribution in [1.29, 1.82) is 0 Å². The Kier molecular flexibility index (Phi) is 3.69. The second-order valence-electron chi connectivity index (χ2n) is 5.50. The molecule has 0 unspecified atom stereocenters. The molecule has 0 saturated carbocycles. The zero-order valence-corrected chi connectivity index (χ0v) is 13.5. The summed E-state index contributed by atoms with van der Waals surface area (Å²) in [6.07, 6.45) is 3.08. The molecule has 23 heavy (non-hydrogen) atoms. The second kappa shape index (κ2) is 5.55. The molecule has 7 heteroatoms. The average Bonchev–Trinajstić information content (AvgIpc) is 2.80. The molecule has 0 radical (unpaired) electrons. The van der Waals surface area contributed by atoms with Gasteiger partial charge in [0.25, 0.3) is 0 Å². The Morgan fingerprint density at radius 1 is 1.30 bits per heavy atom. The Morgan fingerprint density at radius 2 is 2.04 bits per heavy atom. The van der Waals surface area contributed by atoms with Crippen LogP contribution in [0.1, 0.15) is 12.5 Å². The lowest BCUT2D eigenvalue weighted by atomic mass is 10.2. The molecular weight excluding hydrogens is 316 g/mol. The normalized spacial score (nSPS) is 11.1. The van der Waals surface area contributed by atoms with Gasteiger partial charge in [0, 0.05) is 23.1 Å². The molecule has 0 N–H and O–H groups in total. The molecule has 6 nitrogen and oxygen atoms in total. The van der Waals surface area contributed by atoms with E-state index in [1.165, 1.54) is 19.8 Å². The molecule has 0 saturated heterocycles. The highest BCUT2D eigenvalue weighted by Gasteiger charge is 2.13. The van der Waals surface area contributed by atoms with Crippen LogP contribution < -0.4 is 11.2 Å². The largest absolute Gasteiger partial charge is 0.350 e. The van der Waals surface area contributed by atoms with E-state index in [2.05, 4.69) is 11.7 Å². The maximum absolute atomic E-state index is 12.6. The summed E-state index contributed by atoms with van der Waals surface area (Å²) in [4.78, 5) is 24.9. The monoisotopic (exact) mass is 330 g/mol. The smallest absolute Gasteiger partial charge is 0.280 e. The molecule has 3 aromatic rings. The molecule has 118 valence electrons. The lowest BCUT2D eigenvalue weighted by Gasteiger charge is -2.07. The quantitative estimate of drug-likeness (QED) is 0.692. The Morgan fingerprint density at radius 3 is 2.70 bits per heavy atom. The number of benzene rings is 1. The van der Waals surface area contributed by atoms with Gasteiger partial charge in [-0.1, -0.05) is 23.8 Å². The molecule has 2 aromatic heterocycles. The molecule has 0 aliphatic heterocycles. The van der Waals surface area contributed by atoms with Crippen molar-refractivity contribution < 1.29 is 0 Å². The molecule has 1 aromatic carbocycles. The molecule has 0 spiro atoms. The van der Waals surface area contributed by atoms with Crippen molar-refractivity contribution in [2.24, 2.45) is 0 Å². The number of hydrogen-bond acceptors (Lipinski definition) is 3. The van der Waals surface area contributed by atoms with E-state index in [9.17, 15) is 9.59 Å². The predicted octanol–water partition coefficient (Wildman–Crippen LogP) is 2.18. The number of rotatable bonds is 3. The Bertz CT molecular complexity index is 1040. The first-order chi connectivity index (χ1) is 10.9. The number of halogens is 1. The third kappa shape index (κ3) is 2.61. The first kappa shape index (κ1) is 15.3. The van der Waals surface area contributed by atoms with Crippen molar-refractivity contribution in [2.45, 2.75) is 20.4 Å². The summed E-state index contributed by atoms with van der Waals surface area (Å²) in [6, 6.07) is 5.29. The fourth-order valence-electron chi connectivity index (χ4n) is 2.35. The molecule has 0 aliphatic rings. The van der Waals surface area contributed by atoms with Crippen LogP contribution >= 0.6 is 11.6 Å². The predicted molar refractivity (Wildman–Crippen MR) is 89.6 cm³/mol. The summed E-state index contributed by atoms with van der Waals surface area (Å²) in [5.74, 6) is 0. The number of aromatic nitrogens is 4. The van der Waals surface area contributed by atoms with Crippen LogP contribution in [0.2, 0.25) is 5.02 Å². The second-order valence-corrected chi connectivity index (χ2v) is 5.90. The van der Waals surface area contributed by atoms with Crippen molar-refractivity contribution in [2.75, 3.05) is 0 Å². The SMILES string of the molecule is C=C(C)Cn1nc2c(=O)n(-c3ccc(Cl)c(C)c3)ccn2c1=O. The van der Waals surface area contributed by atoms with Gasteiger partial charge in [-0.3, -0.25) is 9.36 Å². The van der Waals surface area contributed by atoms with Crippen LogP contribution in [0, 0.1) is 6.92 Å². The topological polar surface area (TPSA) is 61.3 Å². The zero-order chi connectivity index (χ0) is 16.7. The van der Waals surface area contributed by atoms with Gasteiger partial charge in [-0.2, -0.15) is 0 Å². The molecule has 3 rings (SSSR count). The summed E-state index contributed by atoms with van der Waals surface area (Å²) in [6.45, 7) is 7.70. The summed E-state index contributed by atoms with van der Waals surface area (Å²) < 4.78 is 3.91. The highest BCUT2D eigenvalue weighted by Crippen LogP contribution is 2.18. The standard InChI is InChI=1S/C16H15ClN4O2/c1-10(2)9-21-16(23)20-7-6-19(15(22)14(20)18-21)12-4-5-13(17)11(3)8-12/h4-8H,1,9H2,2-3H3. The van der Waals surface area contributed by atoms with Gasteiger partial charge < -0.3 is 0 Å². The maximum atomic E-state index is 12.6. The molecule has 0 aliphatic carbocycles. The van der Waals surface area contributed by atoms with Gasteiger partial charge >= 0.3 is 11.2 Å². The van der Waals surface area contributed by atoms with Crippen LogP contribution in [0.4, 0.5) is 0 Å². The Hall–Kier alpha value is -2.60. The van der Waals surface area contributed by atoms with Crippen LogP contribution in [0.25, 0.3) is 11.3 Å². The third-order valence-corrected chi connectivity index (χ3v) is 3.91. The minimum absolute atomic E-state index is 0.0753.